The van der Waals surface area contributed by atoms with Crippen molar-refractivity contribution in [1.82, 2.24) is 10.2 Å². The standard InChI is InChI=1S/C18H17F3N2O/c1-8-4-9-5-17(8)6-11-10(2-3-13-12(11)7-22-23-13)14(17)15(16(9)24)18(19,20)21/h2-3,7-9,16,24H,4-6H2,1H3,(H,22,23)/t8-,9-,16-,17?/m1/s1. The minimum absolute atomic E-state index is 0.126. The van der Waals surface area contributed by atoms with Crippen LogP contribution in [0, 0.1) is 17.3 Å². The van der Waals surface area contributed by atoms with Gasteiger partial charge in [0.05, 0.1) is 23.4 Å². The maximum atomic E-state index is 13.8. The first-order valence-corrected chi connectivity index (χ1v) is 8.28. The second-order valence-corrected chi connectivity index (χ2v) is 7.59. The van der Waals surface area contributed by atoms with Crippen LogP contribution < -0.4 is 0 Å². The van der Waals surface area contributed by atoms with E-state index < -0.39 is 23.3 Å². The first-order chi connectivity index (χ1) is 11.3. The average Bonchev–Trinajstić information content (AvgIpc) is 3.15. The van der Waals surface area contributed by atoms with E-state index in [0.717, 1.165) is 16.5 Å². The van der Waals surface area contributed by atoms with Gasteiger partial charge in [-0.2, -0.15) is 18.3 Å². The summed E-state index contributed by atoms with van der Waals surface area (Å²) in [4.78, 5) is 0. The van der Waals surface area contributed by atoms with Gasteiger partial charge in [-0.3, -0.25) is 5.10 Å². The zero-order valence-electron chi connectivity index (χ0n) is 13.1. The van der Waals surface area contributed by atoms with Crippen LogP contribution in [0.1, 0.15) is 30.9 Å². The molecule has 2 aromatic rings. The summed E-state index contributed by atoms with van der Waals surface area (Å²) in [6.45, 7) is 2.03. The first kappa shape index (κ1) is 14.5. The van der Waals surface area contributed by atoms with Gasteiger partial charge >= 0.3 is 6.18 Å². The van der Waals surface area contributed by atoms with E-state index in [2.05, 4.69) is 10.2 Å². The minimum atomic E-state index is -4.50. The predicted octanol–water partition coefficient (Wildman–Crippen LogP) is 3.84. The number of aromatic amines is 1. The summed E-state index contributed by atoms with van der Waals surface area (Å²) in [5.41, 5.74) is 1.59. The number of fused-ring (bicyclic) bond motifs is 5. The molecule has 1 aromatic heterocycles. The van der Waals surface area contributed by atoms with Crippen LogP contribution in [0.25, 0.3) is 16.5 Å². The van der Waals surface area contributed by atoms with Crippen LogP contribution in [0.4, 0.5) is 13.2 Å². The molecule has 2 bridgehead atoms. The lowest BCUT2D eigenvalue weighted by molar-refractivity contribution is -0.111. The van der Waals surface area contributed by atoms with E-state index in [1.54, 1.807) is 18.3 Å². The summed E-state index contributed by atoms with van der Waals surface area (Å²) in [6, 6.07) is 3.56. The normalized spacial score (nSPS) is 34.8. The first-order valence-electron chi connectivity index (χ1n) is 8.28. The summed E-state index contributed by atoms with van der Waals surface area (Å²) in [7, 11) is 0. The summed E-state index contributed by atoms with van der Waals surface area (Å²) < 4.78 is 41.5. The Kier molecular flexibility index (Phi) is 2.56. The number of aliphatic hydroxyl groups is 1. The van der Waals surface area contributed by atoms with E-state index in [-0.39, 0.29) is 11.8 Å². The van der Waals surface area contributed by atoms with E-state index in [0.29, 0.717) is 30.4 Å². The molecule has 1 unspecified atom stereocenters. The monoisotopic (exact) mass is 334 g/mol. The van der Waals surface area contributed by atoms with E-state index in [1.807, 2.05) is 6.92 Å². The lowest BCUT2D eigenvalue weighted by Crippen LogP contribution is -2.38. The molecule has 0 radical (unpaired) electrons. The molecular weight excluding hydrogens is 317 g/mol. The molecule has 0 aliphatic heterocycles. The van der Waals surface area contributed by atoms with Gasteiger partial charge in [-0.1, -0.05) is 13.0 Å². The fourth-order valence-corrected chi connectivity index (χ4v) is 5.55. The Labute approximate surface area is 136 Å². The van der Waals surface area contributed by atoms with Gasteiger partial charge in [0.25, 0.3) is 0 Å². The van der Waals surface area contributed by atoms with Crippen molar-refractivity contribution >= 4 is 16.5 Å². The Morgan fingerprint density at radius 3 is 2.88 bits per heavy atom. The van der Waals surface area contributed by atoms with Crippen LogP contribution in [-0.4, -0.2) is 27.6 Å². The van der Waals surface area contributed by atoms with E-state index in [4.69, 9.17) is 0 Å². The fraction of sp³-hybridized carbons (Fsp3) is 0.500. The van der Waals surface area contributed by atoms with Gasteiger partial charge in [0.1, 0.15) is 0 Å². The van der Waals surface area contributed by atoms with Crippen molar-refractivity contribution in [2.24, 2.45) is 17.3 Å². The number of hydrogen-bond donors (Lipinski definition) is 2. The van der Waals surface area contributed by atoms with Crippen molar-refractivity contribution in [1.29, 1.82) is 0 Å². The summed E-state index contributed by atoms with van der Waals surface area (Å²) >= 11 is 0. The highest BCUT2D eigenvalue weighted by atomic mass is 19.4. The average molecular weight is 334 g/mol. The fourth-order valence-electron chi connectivity index (χ4n) is 5.55. The Morgan fingerprint density at radius 2 is 2.12 bits per heavy atom. The molecular formula is C18H17F3N2O. The molecule has 5 rings (SSSR count). The number of hydrogen-bond acceptors (Lipinski definition) is 2. The Hall–Kier alpha value is -1.82. The highest BCUT2D eigenvalue weighted by molar-refractivity contribution is 5.93. The molecule has 126 valence electrons. The number of nitrogens with zero attached hydrogens (tertiary/aromatic N) is 1. The second-order valence-electron chi connectivity index (χ2n) is 7.59. The molecule has 1 aromatic carbocycles. The maximum Gasteiger partial charge on any atom is 0.415 e. The quantitative estimate of drug-likeness (QED) is 0.769. The van der Waals surface area contributed by atoms with Crippen molar-refractivity contribution in [3.05, 3.63) is 35.0 Å². The van der Waals surface area contributed by atoms with Crippen molar-refractivity contribution < 1.29 is 18.3 Å². The Bertz CT molecular complexity index is 897. The SMILES string of the molecule is C[C@@H]1C[C@@H]2CC13Cc1c(ccc4[nH]ncc14)C3=C(C(F)(F)F)[C@@H]2O. The lowest BCUT2D eigenvalue weighted by atomic mass is 9.67. The van der Waals surface area contributed by atoms with Crippen LogP contribution in [-0.2, 0) is 6.42 Å². The molecule has 1 fully saturated rings. The number of rotatable bonds is 0. The Morgan fingerprint density at radius 1 is 1.33 bits per heavy atom. The highest BCUT2D eigenvalue weighted by Gasteiger charge is 2.62. The number of aromatic nitrogens is 2. The lowest BCUT2D eigenvalue weighted by Gasteiger charge is -2.38. The van der Waals surface area contributed by atoms with Gasteiger partial charge in [0, 0.05) is 10.8 Å². The topological polar surface area (TPSA) is 48.9 Å². The number of aliphatic hydroxyl groups excluding tert-OH is 1. The molecule has 0 saturated heterocycles. The van der Waals surface area contributed by atoms with Gasteiger partial charge in [0.15, 0.2) is 0 Å². The van der Waals surface area contributed by atoms with Gasteiger partial charge in [0.2, 0.25) is 0 Å². The zero-order valence-corrected chi connectivity index (χ0v) is 13.1. The second kappa shape index (κ2) is 4.23. The molecule has 1 heterocycles. The van der Waals surface area contributed by atoms with E-state index >= 15 is 0 Å². The van der Waals surface area contributed by atoms with Crippen LogP contribution >= 0.6 is 0 Å². The van der Waals surface area contributed by atoms with Crippen LogP contribution in [0.15, 0.2) is 23.9 Å². The number of nitrogens with one attached hydrogen (secondary N) is 1. The number of H-pyrrole nitrogens is 1. The third-order valence-corrected chi connectivity index (χ3v) is 6.54. The number of benzene rings is 1. The molecule has 2 N–H and O–H groups in total. The molecule has 3 nitrogen and oxygen atoms in total. The minimum Gasteiger partial charge on any atom is -0.388 e. The molecule has 1 saturated carbocycles. The van der Waals surface area contributed by atoms with Gasteiger partial charge in [-0.25, -0.2) is 0 Å². The smallest absolute Gasteiger partial charge is 0.388 e. The maximum absolute atomic E-state index is 13.8. The third-order valence-electron chi connectivity index (χ3n) is 6.54. The van der Waals surface area contributed by atoms with Crippen molar-refractivity contribution in [3.63, 3.8) is 0 Å². The zero-order chi connectivity index (χ0) is 16.9. The van der Waals surface area contributed by atoms with Gasteiger partial charge in [-0.15, -0.1) is 0 Å². The van der Waals surface area contributed by atoms with E-state index in [9.17, 15) is 18.3 Å². The highest BCUT2D eigenvalue weighted by Crippen LogP contribution is 2.67. The number of alkyl halides is 3. The van der Waals surface area contributed by atoms with E-state index in [1.165, 1.54) is 0 Å². The summed E-state index contributed by atoms with van der Waals surface area (Å²) in [5.74, 6) is -0.170. The largest absolute Gasteiger partial charge is 0.415 e. The Balaban J connectivity index is 1.89. The molecule has 4 atom stereocenters. The van der Waals surface area contributed by atoms with Crippen LogP contribution in [0.2, 0.25) is 0 Å². The predicted molar refractivity (Wildman–Crippen MR) is 83.1 cm³/mol. The van der Waals surface area contributed by atoms with Gasteiger partial charge < -0.3 is 5.11 Å². The van der Waals surface area contributed by atoms with Gasteiger partial charge in [-0.05, 0) is 53.9 Å². The number of allylic oxidation sites excluding steroid dienone is 1. The summed E-state index contributed by atoms with van der Waals surface area (Å²) in [5, 5.41) is 18.3. The van der Waals surface area contributed by atoms with Crippen LogP contribution in [0.5, 0.6) is 0 Å². The number of halogens is 3. The molecule has 0 amide bonds. The molecule has 6 heteroatoms. The molecule has 3 aliphatic rings. The van der Waals surface area contributed by atoms with Crippen LogP contribution in [0.3, 0.4) is 0 Å². The third kappa shape index (κ3) is 1.55. The molecule has 1 spiro atoms. The van der Waals surface area contributed by atoms with Crippen molar-refractivity contribution in [2.45, 2.75) is 38.5 Å². The van der Waals surface area contributed by atoms with Crippen molar-refractivity contribution in [3.8, 4) is 0 Å². The van der Waals surface area contributed by atoms with Crippen molar-refractivity contribution in [2.75, 3.05) is 0 Å². The summed E-state index contributed by atoms with van der Waals surface area (Å²) in [6.07, 6.45) is -2.33. The molecule has 24 heavy (non-hydrogen) atoms. The molecule has 3 aliphatic carbocycles.